The van der Waals surface area contributed by atoms with Gasteiger partial charge in [-0.1, -0.05) is 188 Å². The number of nitrogens with zero attached hydrogens (tertiary/aromatic N) is 1. The Kier molecular flexibility index (Phi) is 28.6. The average molecular weight is 504 g/mol. The van der Waals surface area contributed by atoms with Crippen LogP contribution in [0.25, 0.3) is 0 Å². The maximum atomic E-state index is 8.54. The Balaban J connectivity index is 3.25. The summed E-state index contributed by atoms with van der Waals surface area (Å²) >= 11 is 0. The van der Waals surface area contributed by atoms with Crippen LogP contribution in [0.15, 0.2) is 0 Å². The van der Waals surface area contributed by atoms with Crippen LogP contribution in [0.4, 0.5) is 0 Å². The summed E-state index contributed by atoms with van der Waals surface area (Å²) in [4.78, 5) is 0. The quantitative estimate of drug-likeness (QED) is 0.0931. The number of hydrogen-bond donors (Lipinski definition) is 0. The number of nitriles is 1. The van der Waals surface area contributed by atoms with Crippen molar-refractivity contribution in [3.8, 4) is 6.07 Å². The average Bonchev–Trinajstić information content (AvgIpc) is 2.85. The minimum Gasteiger partial charge on any atom is -0.198 e. The van der Waals surface area contributed by atoms with Crippen molar-refractivity contribution in [3.63, 3.8) is 0 Å². The van der Waals surface area contributed by atoms with Crippen molar-refractivity contribution in [2.24, 2.45) is 17.8 Å². The van der Waals surface area contributed by atoms with Crippen LogP contribution < -0.4 is 0 Å². The minimum absolute atomic E-state index is 0.748. The first-order chi connectivity index (χ1) is 17.6. The van der Waals surface area contributed by atoms with E-state index in [1.54, 1.807) is 0 Å². The number of hydrogen-bond acceptors (Lipinski definition) is 1. The maximum Gasteiger partial charge on any atom is 0.0621 e. The highest BCUT2D eigenvalue weighted by Gasteiger charge is 2.07. The summed E-state index contributed by atoms with van der Waals surface area (Å²) in [7, 11) is 0. The molecule has 0 aliphatic carbocycles. The number of unbranched alkanes of at least 4 members (excludes halogenated alkanes) is 17. The fraction of sp³-hybridized carbons (Fsp3) is 0.971. The van der Waals surface area contributed by atoms with Gasteiger partial charge >= 0.3 is 0 Å². The molecule has 0 rings (SSSR count). The Bertz CT molecular complexity index is 450. The second kappa shape index (κ2) is 29.1. The van der Waals surface area contributed by atoms with Crippen LogP contribution in [-0.4, -0.2) is 0 Å². The van der Waals surface area contributed by atoms with Gasteiger partial charge in [0.25, 0.3) is 0 Å². The molecule has 0 radical (unpaired) electrons. The zero-order chi connectivity index (χ0) is 26.5. The molecule has 0 aromatic rings. The van der Waals surface area contributed by atoms with Gasteiger partial charge in [-0.3, -0.25) is 0 Å². The minimum atomic E-state index is 0.748. The first-order valence-corrected chi connectivity index (χ1v) is 17.0. The van der Waals surface area contributed by atoms with E-state index in [1.165, 1.54) is 161 Å². The molecule has 0 amide bonds. The predicted molar refractivity (Wildman–Crippen MR) is 163 cm³/mol. The Labute approximate surface area is 230 Å². The summed E-state index contributed by atoms with van der Waals surface area (Å²) in [5.74, 6) is 2.82. The van der Waals surface area contributed by atoms with Crippen LogP contribution in [-0.2, 0) is 0 Å². The van der Waals surface area contributed by atoms with E-state index >= 15 is 0 Å². The fourth-order valence-corrected chi connectivity index (χ4v) is 5.90. The highest BCUT2D eigenvalue weighted by molar-refractivity contribution is 4.67. The lowest BCUT2D eigenvalue weighted by atomic mass is 9.91. The lowest BCUT2D eigenvalue weighted by molar-refractivity contribution is 0.377. The van der Waals surface area contributed by atoms with Crippen molar-refractivity contribution < 1.29 is 0 Å². The summed E-state index contributed by atoms with van der Waals surface area (Å²) in [6, 6.07) is 2.24. The largest absolute Gasteiger partial charge is 0.198 e. The summed E-state index contributed by atoms with van der Waals surface area (Å²) in [6.45, 7) is 9.73. The van der Waals surface area contributed by atoms with Crippen LogP contribution in [0, 0.1) is 29.1 Å². The van der Waals surface area contributed by atoms with Crippen LogP contribution in [0.5, 0.6) is 0 Å². The van der Waals surface area contributed by atoms with E-state index in [0.717, 1.165) is 30.6 Å². The molecule has 0 saturated carbocycles. The van der Waals surface area contributed by atoms with E-state index in [0.29, 0.717) is 0 Å². The van der Waals surface area contributed by atoms with Crippen LogP contribution in [0.2, 0.25) is 0 Å². The van der Waals surface area contributed by atoms with Crippen molar-refractivity contribution in [2.75, 3.05) is 0 Å². The van der Waals surface area contributed by atoms with E-state index in [2.05, 4.69) is 33.8 Å². The van der Waals surface area contributed by atoms with Gasteiger partial charge in [-0.15, -0.1) is 0 Å². The smallest absolute Gasteiger partial charge is 0.0621 e. The molecule has 0 aliphatic rings. The Morgan fingerprint density at radius 1 is 0.389 bits per heavy atom. The van der Waals surface area contributed by atoms with Gasteiger partial charge in [0.15, 0.2) is 0 Å². The van der Waals surface area contributed by atoms with Crippen molar-refractivity contribution in [3.05, 3.63) is 0 Å². The normalized spacial score (nSPS) is 14.0. The Morgan fingerprint density at radius 2 is 0.667 bits per heavy atom. The lowest BCUT2D eigenvalue weighted by Crippen LogP contribution is -2.01. The van der Waals surface area contributed by atoms with E-state index < -0.39 is 0 Å². The highest BCUT2D eigenvalue weighted by Crippen LogP contribution is 2.23. The van der Waals surface area contributed by atoms with Crippen molar-refractivity contribution in [2.45, 2.75) is 201 Å². The van der Waals surface area contributed by atoms with Crippen molar-refractivity contribution >= 4 is 0 Å². The Morgan fingerprint density at radius 3 is 1.00 bits per heavy atom. The molecule has 36 heavy (non-hydrogen) atoms. The van der Waals surface area contributed by atoms with Gasteiger partial charge in [0.2, 0.25) is 0 Å². The lowest BCUT2D eigenvalue weighted by Gasteiger charge is -2.15. The standard InChI is InChI=1S/C35H69N/c1-5-26-33(2)28-24-30-35(4)31-25-29-34(3)27-22-20-18-16-14-12-10-8-6-7-9-11-13-15-17-19-21-23-32-36/h33-35H,5-31H2,1-4H3. The molecular formula is C35H69N. The van der Waals surface area contributed by atoms with Gasteiger partial charge in [-0.25, -0.2) is 0 Å². The van der Waals surface area contributed by atoms with Crippen LogP contribution in [0.1, 0.15) is 201 Å². The first-order valence-electron chi connectivity index (χ1n) is 17.0. The van der Waals surface area contributed by atoms with Crippen LogP contribution in [0.3, 0.4) is 0 Å². The van der Waals surface area contributed by atoms with E-state index in [-0.39, 0.29) is 0 Å². The Hall–Kier alpha value is -0.510. The summed E-state index contributed by atoms with van der Waals surface area (Å²) < 4.78 is 0. The second-order valence-electron chi connectivity index (χ2n) is 12.7. The van der Waals surface area contributed by atoms with Crippen molar-refractivity contribution in [1.29, 1.82) is 5.26 Å². The molecule has 0 N–H and O–H groups in total. The molecule has 0 fully saturated rings. The molecule has 3 unspecified atom stereocenters. The van der Waals surface area contributed by atoms with Gasteiger partial charge in [-0.05, 0) is 24.2 Å². The fourth-order valence-electron chi connectivity index (χ4n) is 5.90. The third-order valence-corrected chi connectivity index (χ3v) is 8.55. The van der Waals surface area contributed by atoms with Gasteiger partial charge in [0.1, 0.15) is 0 Å². The SMILES string of the molecule is CCCC(C)CCCC(C)CCCC(C)CCCCCCCCCCCCCCCCCCCC#N. The molecule has 0 bridgehead atoms. The highest BCUT2D eigenvalue weighted by atomic mass is 14.2. The van der Waals surface area contributed by atoms with Crippen molar-refractivity contribution in [1.82, 2.24) is 0 Å². The second-order valence-corrected chi connectivity index (χ2v) is 12.7. The molecule has 3 atom stereocenters. The zero-order valence-electron chi connectivity index (χ0n) is 25.8. The number of rotatable bonds is 29. The molecule has 0 aliphatic heterocycles. The topological polar surface area (TPSA) is 23.8 Å². The van der Waals surface area contributed by atoms with Crippen LogP contribution >= 0.6 is 0 Å². The van der Waals surface area contributed by atoms with Gasteiger partial charge in [0.05, 0.1) is 6.07 Å². The summed E-state index contributed by atoms with van der Waals surface area (Å²) in [5, 5.41) is 8.54. The van der Waals surface area contributed by atoms with Gasteiger partial charge < -0.3 is 0 Å². The van der Waals surface area contributed by atoms with E-state index in [9.17, 15) is 0 Å². The molecule has 214 valence electrons. The van der Waals surface area contributed by atoms with E-state index in [1.807, 2.05) is 0 Å². The molecule has 0 aromatic carbocycles. The zero-order valence-corrected chi connectivity index (χ0v) is 25.8. The third kappa shape index (κ3) is 28.1. The van der Waals surface area contributed by atoms with E-state index in [4.69, 9.17) is 5.26 Å². The molecule has 0 heterocycles. The molecule has 1 nitrogen and oxygen atoms in total. The molecule has 0 saturated heterocycles. The first kappa shape index (κ1) is 35.5. The predicted octanol–water partition coefficient (Wildman–Crippen LogP) is 13.0. The molecular weight excluding hydrogens is 434 g/mol. The summed E-state index contributed by atoms with van der Waals surface area (Å²) in [6.07, 6.45) is 37.7. The molecule has 0 spiro atoms. The summed E-state index contributed by atoms with van der Waals surface area (Å²) in [5.41, 5.74) is 0. The third-order valence-electron chi connectivity index (χ3n) is 8.55. The molecule has 1 heteroatoms. The van der Waals surface area contributed by atoms with Gasteiger partial charge in [-0.2, -0.15) is 5.26 Å². The maximum absolute atomic E-state index is 8.54. The molecule has 0 aromatic heterocycles. The monoisotopic (exact) mass is 504 g/mol. The van der Waals surface area contributed by atoms with Gasteiger partial charge in [0, 0.05) is 6.42 Å².